The van der Waals surface area contributed by atoms with Crippen LogP contribution in [0.25, 0.3) is 11.2 Å². The molecule has 3 N–H and O–H groups in total. The first-order chi connectivity index (χ1) is 25.2. The van der Waals surface area contributed by atoms with Gasteiger partial charge >= 0.3 is 6.03 Å². The Morgan fingerprint density at radius 3 is 2.34 bits per heavy atom. The van der Waals surface area contributed by atoms with Gasteiger partial charge in [-0.15, -0.1) is 0 Å². The molecule has 1 aliphatic rings. The number of hydrogen-bond donors (Lipinski definition) is 3. The van der Waals surface area contributed by atoms with Gasteiger partial charge in [-0.05, 0) is 53.6 Å². The molecule has 282 valence electrons. The van der Waals surface area contributed by atoms with Gasteiger partial charge in [0.1, 0.15) is 23.9 Å². The third-order valence-electron chi connectivity index (χ3n) is 9.11. The van der Waals surface area contributed by atoms with E-state index in [1.807, 2.05) is 44.2 Å². The molecule has 1 fully saturated rings. The lowest BCUT2D eigenvalue weighted by atomic mass is 9.97. The number of pyridine rings is 1. The number of nitrogens with zero attached hydrogens (tertiary/aromatic N) is 7. The molecule has 3 atom stereocenters. The quantitative estimate of drug-likeness (QED) is 0.0670. The monoisotopic (exact) mass is 746 g/mol. The number of hydrogen-bond acceptors (Lipinski definition) is 10. The van der Waals surface area contributed by atoms with Gasteiger partial charge in [0.25, 0.3) is 5.91 Å². The van der Waals surface area contributed by atoms with E-state index < -0.39 is 52.0 Å². The predicted octanol–water partition coefficient (Wildman–Crippen LogP) is 3.00. The number of fused-ring (bicyclic) bond motifs is 1. The van der Waals surface area contributed by atoms with Crippen LogP contribution in [0.1, 0.15) is 44.6 Å². The molecule has 4 aromatic rings. The highest BCUT2D eigenvalue weighted by molar-refractivity contribution is 7.89. The highest BCUT2D eigenvalue weighted by atomic mass is 32.2. The van der Waals surface area contributed by atoms with Gasteiger partial charge < -0.3 is 25.1 Å². The molecule has 0 saturated carbocycles. The Labute approximate surface area is 309 Å². The summed E-state index contributed by atoms with van der Waals surface area (Å²) in [5.41, 5.74) is 2.50. The van der Waals surface area contributed by atoms with E-state index in [4.69, 9.17) is 5.21 Å². The van der Waals surface area contributed by atoms with Crippen LogP contribution in [0.4, 0.5) is 4.79 Å². The fourth-order valence-electron chi connectivity index (χ4n) is 6.47. The van der Waals surface area contributed by atoms with Gasteiger partial charge in [0, 0.05) is 26.3 Å². The van der Waals surface area contributed by atoms with Crippen molar-refractivity contribution in [3.63, 3.8) is 0 Å². The van der Waals surface area contributed by atoms with Crippen molar-refractivity contribution in [1.29, 1.82) is 0 Å². The molecule has 2 aromatic carbocycles. The van der Waals surface area contributed by atoms with Gasteiger partial charge in [0.15, 0.2) is 5.65 Å². The minimum atomic E-state index is -4.11. The van der Waals surface area contributed by atoms with E-state index >= 15 is 0 Å². The molecular formula is C37H46N8O7S. The Hall–Kier alpha value is -5.19. The second kappa shape index (κ2) is 16.7. The van der Waals surface area contributed by atoms with Crippen LogP contribution >= 0.6 is 0 Å². The zero-order valence-corrected chi connectivity index (χ0v) is 31.2. The Morgan fingerprint density at radius 2 is 1.72 bits per heavy atom. The van der Waals surface area contributed by atoms with E-state index in [-0.39, 0.29) is 43.4 Å². The van der Waals surface area contributed by atoms with Gasteiger partial charge in [-0.2, -0.15) is 4.31 Å². The molecule has 3 heterocycles. The minimum Gasteiger partial charge on any atom is -0.411 e. The molecule has 0 aliphatic carbocycles. The van der Waals surface area contributed by atoms with Crippen LogP contribution in [0.15, 0.2) is 83.0 Å². The van der Waals surface area contributed by atoms with Crippen LogP contribution in [-0.4, -0.2) is 109 Å². The molecule has 1 saturated heterocycles. The smallest absolute Gasteiger partial charge is 0.328 e. The summed E-state index contributed by atoms with van der Waals surface area (Å²) in [5, 5.41) is 26.5. The fourth-order valence-corrected chi connectivity index (χ4v) is 8.09. The van der Waals surface area contributed by atoms with E-state index in [0.717, 1.165) is 10.5 Å². The standard InChI is InChI=1S/C37H46N8O7S/c1-24(2)20-43(53(51,52)28-15-13-27(14-16-28)19-39-50)21-31(46)30(18-26-10-7-6-8-11-26)41-36(48)34(25(3)4)45-23-33(47)44(37(45)49)22-32-40-29-12-9-17-38-35(29)42(32)5/h6-17,19,24-25,30-31,34,46,50H,18,20-23H2,1-5H3,(H,41,48)/b39-19+/t30-,31?,34+/m0/s1. The Kier molecular flexibility index (Phi) is 12.3. The van der Waals surface area contributed by atoms with Crippen molar-refractivity contribution in [3.05, 3.63) is 89.9 Å². The average Bonchev–Trinajstić information content (AvgIpc) is 3.58. The van der Waals surface area contributed by atoms with Crippen LogP contribution in [-0.2, 0) is 39.6 Å². The number of sulfonamides is 1. The van der Waals surface area contributed by atoms with E-state index in [9.17, 15) is 27.9 Å². The first-order valence-corrected chi connectivity index (χ1v) is 18.8. The lowest BCUT2D eigenvalue weighted by Crippen LogP contribution is -2.57. The molecule has 15 nitrogen and oxygen atoms in total. The van der Waals surface area contributed by atoms with Crippen molar-refractivity contribution in [1.82, 2.24) is 34.0 Å². The van der Waals surface area contributed by atoms with Gasteiger partial charge in [-0.3, -0.25) is 14.5 Å². The van der Waals surface area contributed by atoms with E-state index in [1.54, 1.807) is 43.8 Å². The van der Waals surface area contributed by atoms with Gasteiger partial charge in [0.05, 0.1) is 29.8 Å². The van der Waals surface area contributed by atoms with Crippen molar-refractivity contribution < 1.29 is 33.1 Å². The number of aliphatic hydroxyl groups is 1. The van der Waals surface area contributed by atoms with Gasteiger partial charge in [-0.1, -0.05) is 75.3 Å². The third kappa shape index (κ3) is 8.89. The van der Waals surface area contributed by atoms with Crippen LogP contribution in [0.5, 0.6) is 0 Å². The first-order valence-electron chi connectivity index (χ1n) is 17.4. The van der Waals surface area contributed by atoms with E-state index in [2.05, 4.69) is 20.4 Å². The van der Waals surface area contributed by atoms with Crippen molar-refractivity contribution in [2.45, 2.75) is 63.7 Å². The highest BCUT2D eigenvalue weighted by Crippen LogP contribution is 2.24. The van der Waals surface area contributed by atoms with Crippen LogP contribution in [0, 0.1) is 11.8 Å². The number of aryl methyl sites for hydroxylation is 1. The van der Waals surface area contributed by atoms with Crippen molar-refractivity contribution in [3.8, 4) is 0 Å². The fraction of sp³-hybridized carbons (Fsp3) is 0.405. The maximum atomic E-state index is 14.2. The summed E-state index contributed by atoms with van der Waals surface area (Å²) in [6, 6.07) is 15.8. The SMILES string of the molecule is CC(C)CN(CC(O)[C@H](Cc1ccccc1)NC(=O)[C@@H](C(C)C)N1CC(=O)N(Cc2nc3cccnc3n2C)C1=O)S(=O)(=O)c1ccc(/C=N/O)cc1. The zero-order valence-electron chi connectivity index (χ0n) is 30.4. The second-order valence-corrected chi connectivity index (χ2v) is 15.9. The van der Waals surface area contributed by atoms with E-state index in [1.165, 1.54) is 39.7 Å². The predicted molar refractivity (Wildman–Crippen MR) is 197 cm³/mol. The van der Waals surface area contributed by atoms with Crippen LogP contribution in [0.2, 0.25) is 0 Å². The van der Waals surface area contributed by atoms with Crippen LogP contribution < -0.4 is 5.32 Å². The molecule has 53 heavy (non-hydrogen) atoms. The summed E-state index contributed by atoms with van der Waals surface area (Å²) in [4.78, 5) is 52.4. The zero-order chi connectivity index (χ0) is 38.4. The molecule has 0 spiro atoms. The minimum absolute atomic E-state index is 0.0133. The maximum absolute atomic E-state index is 14.2. The molecule has 16 heteroatoms. The van der Waals surface area contributed by atoms with Gasteiger partial charge in [0.2, 0.25) is 15.9 Å². The molecular weight excluding hydrogens is 701 g/mol. The van der Waals surface area contributed by atoms with E-state index in [0.29, 0.717) is 22.6 Å². The maximum Gasteiger partial charge on any atom is 0.328 e. The number of amides is 4. The lowest BCUT2D eigenvalue weighted by Gasteiger charge is -2.34. The molecule has 2 aromatic heterocycles. The number of imide groups is 1. The molecule has 0 bridgehead atoms. The van der Waals surface area contributed by atoms with Crippen molar-refractivity contribution >= 4 is 45.2 Å². The number of aliphatic hydroxyl groups excluding tert-OH is 1. The largest absolute Gasteiger partial charge is 0.411 e. The number of aromatic nitrogens is 3. The summed E-state index contributed by atoms with van der Waals surface area (Å²) >= 11 is 0. The number of urea groups is 1. The summed E-state index contributed by atoms with van der Waals surface area (Å²) in [5.74, 6) is -1.16. The second-order valence-electron chi connectivity index (χ2n) is 13.9. The van der Waals surface area contributed by atoms with Gasteiger partial charge in [-0.25, -0.2) is 23.2 Å². The number of rotatable bonds is 16. The number of carbonyl (C=O) groups excluding carboxylic acids is 3. The average molecular weight is 747 g/mol. The highest BCUT2D eigenvalue weighted by Gasteiger charge is 2.45. The molecule has 4 amide bonds. The number of nitrogens with one attached hydrogen (secondary N) is 1. The molecule has 5 rings (SSSR count). The summed E-state index contributed by atoms with van der Waals surface area (Å²) < 4.78 is 30.7. The molecule has 1 aliphatic heterocycles. The van der Waals surface area contributed by atoms with Crippen molar-refractivity contribution in [2.24, 2.45) is 24.0 Å². The number of benzene rings is 2. The normalized spacial score (nSPS) is 15.7. The number of carbonyl (C=O) groups is 3. The summed E-state index contributed by atoms with van der Waals surface area (Å²) in [7, 11) is -2.36. The Morgan fingerprint density at radius 1 is 1.02 bits per heavy atom. The first kappa shape index (κ1) is 39.0. The Bertz CT molecular complexity index is 2050. The van der Waals surface area contributed by atoms with Crippen LogP contribution in [0.3, 0.4) is 0 Å². The molecule has 0 radical (unpaired) electrons. The number of oxime groups is 1. The molecule has 1 unspecified atom stereocenters. The topological polar surface area (TPSA) is 191 Å². The number of imidazole rings is 1. The van der Waals surface area contributed by atoms with Crippen molar-refractivity contribution in [2.75, 3.05) is 19.6 Å². The summed E-state index contributed by atoms with van der Waals surface area (Å²) in [6.07, 6.45) is 1.59. The lowest BCUT2D eigenvalue weighted by molar-refractivity contribution is -0.129. The Balaban J connectivity index is 1.39. The third-order valence-corrected chi connectivity index (χ3v) is 11.0. The summed E-state index contributed by atoms with van der Waals surface area (Å²) in [6.45, 7) is 6.55.